The Bertz CT molecular complexity index is 353. The predicted molar refractivity (Wildman–Crippen MR) is 73.2 cm³/mol. The standard InChI is InChI=1S/C14H24N2O4/c1-11(2)20-10-12(16-5-3-4-13(16)17)14(18)15-6-8-19-9-7-15/h11-12H,3-10H2,1-2H3/t12-/m0/s1. The van der Waals surface area contributed by atoms with E-state index in [0.717, 1.165) is 6.42 Å². The van der Waals surface area contributed by atoms with E-state index in [1.807, 2.05) is 13.8 Å². The van der Waals surface area contributed by atoms with E-state index in [1.54, 1.807) is 9.80 Å². The fourth-order valence-electron chi connectivity index (χ4n) is 2.57. The van der Waals surface area contributed by atoms with Crippen LogP contribution in [0.1, 0.15) is 26.7 Å². The van der Waals surface area contributed by atoms with E-state index in [2.05, 4.69) is 0 Å². The van der Waals surface area contributed by atoms with Crippen LogP contribution in [0.5, 0.6) is 0 Å². The topological polar surface area (TPSA) is 59.1 Å². The van der Waals surface area contributed by atoms with Gasteiger partial charge in [0.1, 0.15) is 6.04 Å². The summed E-state index contributed by atoms with van der Waals surface area (Å²) in [5, 5.41) is 0. The van der Waals surface area contributed by atoms with Crippen LogP contribution in [0.25, 0.3) is 0 Å². The number of rotatable bonds is 5. The van der Waals surface area contributed by atoms with Crippen molar-refractivity contribution in [3.05, 3.63) is 0 Å². The summed E-state index contributed by atoms with van der Waals surface area (Å²) in [4.78, 5) is 28.0. The molecule has 2 aliphatic rings. The van der Waals surface area contributed by atoms with Crippen LogP contribution in [-0.4, -0.2) is 73.2 Å². The molecule has 0 unspecified atom stereocenters. The first-order chi connectivity index (χ1) is 9.59. The predicted octanol–water partition coefficient (Wildman–Crippen LogP) is 0.261. The van der Waals surface area contributed by atoms with Gasteiger partial charge in [0.05, 0.1) is 25.9 Å². The van der Waals surface area contributed by atoms with Crippen LogP contribution in [0.15, 0.2) is 0 Å². The number of amides is 2. The highest BCUT2D eigenvalue weighted by Gasteiger charge is 2.36. The number of carbonyl (C=O) groups is 2. The van der Waals surface area contributed by atoms with E-state index in [0.29, 0.717) is 39.3 Å². The van der Waals surface area contributed by atoms with Crippen molar-refractivity contribution in [1.82, 2.24) is 9.80 Å². The first-order valence-corrected chi connectivity index (χ1v) is 7.37. The first-order valence-electron chi connectivity index (χ1n) is 7.37. The summed E-state index contributed by atoms with van der Waals surface area (Å²) >= 11 is 0. The van der Waals surface area contributed by atoms with E-state index in [-0.39, 0.29) is 24.5 Å². The molecule has 0 bridgehead atoms. The van der Waals surface area contributed by atoms with Crippen molar-refractivity contribution in [2.75, 3.05) is 39.5 Å². The average molecular weight is 284 g/mol. The fraction of sp³-hybridized carbons (Fsp3) is 0.857. The molecule has 2 aliphatic heterocycles. The summed E-state index contributed by atoms with van der Waals surface area (Å²) in [6, 6.07) is -0.481. The maximum absolute atomic E-state index is 12.6. The van der Waals surface area contributed by atoms with Crippen molar-refractivity contribution in [1.29, 1.82) is 0 Å². The third-order valence-electron chi connectivity index (χ3n) is 3.68. The Morgan fingerprint density at radius 2 is 2.00 bits per heavy atom. The van der Waals surface area contributed by atoms with Crippen LogP contribution < -0.4 is 0 Å². The lowest BCUT2D eigenvalue weighted by molar-refractivity contribution is -0.149. The molecule has 6 heteroatoms. The molecule has 0 aromatic heterocycles. The third kappa shape index (κ3) is 3.70. The number of likely N-dealkylation sites (tertiary alicyclic amines) is 1. The van der Waals surface area contributed by atoms with E-state index in [1.165, 1.54) is 0 Å². The Morgan fingerprint density at radius 3 is 2.55 bits per heavy atom. The van der Waals surface area contributed by atoms with Gasteiger partial charge >= 0.3 is 0 Å². The van der Waals surface area contributed by atoms with Gasteiger partial charge in [0.25, 0.3) is 0 Å². The maximum atomic E-state index is 12.6. The van der Waals surface area contributed by atoms with E-state index in [9.17, 15) is 9.59 Å². The highest BCUT2D eigenvalue weighted by Crippen LogP contribution is 2.17. The van der Waals surface area contributed by atoms with Gasteiger partial charge in [-0.05, 0) is 20.3 Å². The monoisotopic (exact) mass is 284 g/mol. The van der Waals surface area contributed by atoms with Crippen molar-refractivity contribution in [2.45, 2.75) is 38.8 Å². The molecule has 2 rings (SSSR count). The second-order valence-corrected chi connectivity index (χ2v) is 5.53. The molecule has 0 N–H and O–H groups in total. The highest BCUT2D eigenvalue weighted by atomic mass is 16.5. The molecule has 0 radical (unpaired) electrons. The summed E-state index contributed by atoms with van der Waals surface area (Å²) in [6.07, 6.45) is 1.41. The van der Waals surface area contributed by atoms with Crippen LogP contribution >= 0.6 is 0 Å². The van der Waals surface area contributed by atoms with E-state index in [4.69, 9.17) is 9.47 Å². The minimum Gasteiger partial charge on any atom is -0.378 e. The third-order valence-corrected chi connectivity index (χ3v) is 3.68. The molecular weight excluding hydrogens is 260 g/mol. The normalized spacial score (nSPS) is 21.6. The minimum atomic E-state index is -0.481. The zero-order valence-corrected chi connectivity index (χ0v) is 12.3. The van der Waals surface area contributed by atoms with Crippen LogP contribution in [-0.2, 0) is 19.1 Å². The SMILES string of the molecule is CC(C)OC[C@@H](C(=O)N1CCOCC1)N1CCCC1=O. The molecule has 6 nitrogen and oxygen atoms in total. The van der Waals surface area contributed by atoms with Crippen molar-refractivity contribution >= 4 is 11.8 Å². The molecule has 2 fully saturated rings. The van der Waals surface area contributed by atoms with Gasteiger partial charge in [0.15, 0.2) is 0 Å². The van der Waals surface area contributed by atoms with Crippen molar-refractivity contribution in [3.63, 3.8) is 0 Å². The number of hydrogen-bond donors (Lipinski definition) is 0. The highest BCUT2D eigenvalue weighted by molar-refractivity contribution is 5.88. The van der Waals surface area contributed by atoms with Crippen LogP contribution in [0.3, 0.4) is 0 Å². The van der Waals surface area contributed by atoms with Crippen molar-refractivity contribution in [2.24, 2.45) is 0 Å². The average Bonchev–Trinajstić information content (AvgIpc) is 2.86. The Labute approximate surface area is 120 Å². The molecule has 114 valence electrons. The number of hydrogen-bond acceptors (Lipinski definition) is 4. The quantitative estimate of drug-likeness (QED) is 0.727. The Hall–Kier alpha value is -1.14. The zero-order valence-electron chi connectivity index (χ0n) is 12.3. The van der Waals surface area contributed by atoms with Crippen LogP contribution in [0, 0.1) is 0 Å². The molecule has 2 amide bonds. The lowest BCUT2D eigenvalue weighted by Gasteiger charge is -2.34. The summed E-state index contributed by atoms with van der Waals surface area (Å²) in [5.41, 5.74) is 0. The fourth-order valence-corrected chi connectivity index (χ4v) is 2.57. The van der Waals surface area contributed by atoms with Crippen molar-refractivity contribution < 1.29 is 19.1 Å². The molecule has 2 saturated heterocycles. The largest absolute Gasteiger partial charge is 0.378 e. The lowest BCUT2D eigenvalue weighted by atomic mass is 10.2. The van der Waals surface area contributed by atoms with E-state index >= 15 is 0 Å². The maximum Gasteiger partial charge on any atom is 0.247 e. The van der Waals surface area contributed by atoms with Gasteiger partial charge in [0, 0.05) is 26.1 Å². The molecule has 2 heterocycles. The zero-order chi connectivity index (χ0) is 14.5. The number of ether oxygens (including phenoxy) is 2. The molecule has 1 atom stereocenters. The minimum absolute atomic E-state index is 0.01000. The Morgan fingerprint density at radius 1 is 1.30 bits per heavy atom. The summed E-state index contributed by atoms with van der Waals surface area (Å²) in [5.74, 6) is 0.0492. The molecular formula is C14H24N2O4. The molecule has 20 heavy (non-hydrogen) atoms. The second kappa shape index (κ2) is 7.04. The first kappa shape index (κ1) is 15.3. The molecule has 0 aromatic carbocycles. The summed E-state index contributed by atoms with van der Waals surface area (Å²) in [6.45, 7) is 7.12. The molecule has 0 saturated carbocycles. The number of nitrogens with zero attached hydrogens (tertiary/aromatic N) is 2. The van der Waals surface area contributed by atoms with Gasteiger partial charge in [-0.1, -0.05) is 0 Å². The van der Waals surface area contributed by atoms with Gasteiger partial charge in [-0.2, -0.15) is 0 Å². The van der Waals surface area contributed by atoms with Crippen LogP contribution in [0.2, 0.25) is 0 Å². The molecule has 0 aromatic rings. The van der Waals surface area contributed by atoms with Gasteiger partial charge in [-0.15, -0.1) is 0 Å². The number of morpholine rings is 1. The van der Waals surface area contributed by atoms with Crippen molar-refractivity contribution in [3.8, 4) is 0 Å². The van der Waals surface area contributed by atoms with E-state index < -0.39 is 6.04 Å². The van der Waals surface area contributed by atoms with Gasteiger partial charge in [0.2, 0.25) is 11.8 Å². The lowest BCUT2D eigenvalue weighted by Crippen LogP contribution is -2.54. The van der Waals surface area contributed by atoms with Gasteiger partial charge < -0.3 is 19.3 Å². The molecule has 0 aliphatic carbocycles. The van der Waals surface area contributed by atoms with Gasteiger partial charge in [-0.3, -0.25) is 9.59 Å². The van der Waals surface area contributed by atoms with Gasteiger partial charge in [-0.25, -0.2) is 0 Å². The molecule has 0 spiro atoms. The smallest absolute Gasteiger partial charge is 0.247 e. The summed E-state index contributed by atoms with van der Waals surface area (Å²) in [7, 11) is 0. The number of carbonyl (C=O) groups excluding carboxylic acids is 2. The Kier molecular flexibility index (Phi) is 5.37. The Balaban J connectivity index is 2.03. The van der Waals surface area contributed by atoms with Crippen LogP contribution in [0.4, 0.5) is 0 Å². The second-order valence-electron chi connectivity index (χ2n) is 5.53. The summed E-state index contributed by atoms with van der Waals surface area (Å²) < 4.78 is 10.9.